The Kier molecular flexibility index (Phi) is 6.51. The van der Waals surface area contributed by atoms with Crippen LogP contribution in [0, 0.1) is 5.82 Å². The van der Waals surface area contributed by atoms with E-state index in [2.05, 4.69) is 10.6 Å². The molecule has 0 heterocycles. The summed E-state index contributed by atoms with van der Waals surface area (Å²) in [7, 11) is 2.98. The van der Waals surface area contributed by atoms with Crippen molar-refractivity contribution in [2.75, 3.05) is 14.2 Å². The van der Waals surface area contributed by atoms with Crippen LogP contribution in [0.3, 0.4) is 0 Å². The summed E-state index contributed by atoms with van der Waals surface area (Å²) < 4.78 is 18.5. The van der Waals surface area contributed by atoms with Crippen LogP contribution in [0.1, 0.15) is 27.9 Å². The number of benzene rings is 2. The Labute approximate surface area is 146 Å². The summed E-state index contributed by atoms with van der Waals surface area (Å²) in [6.45, 7) is 0.379. The Morgan fingerprint density at radius 1 is 1.08 bits per heavy atom. The highest BCUT2D eigenvalue weighted by molar-refractivity contribution is 5.93. The minimum absolute atomic E-state index is 0.119. The topological polar surface area (TPSA) is 67.4 Å². The van der Waals surface area contributed by atoms with E-state index in [0.29, 0.717) is 18.5 Å². The largest absolute Gasteiger partial charge is 0.494 e. The molecule has 2 rings (SSSR count). The molecule has 0 aliphatic rings. The zero-order valence-electron chi connectivity index (χ0n) is 14.3. The number of rotatable bonds is 7. The maximum Gasteiger partial charge on any atom is 0.251 e. The number of nitrogens with one attached hydrogen (secondary N) is 2. The summed E-state index contributed by atoms with van der Waals surface area (Å²) in [5.41, 5.74) is 2.21. The lowest BCUT2D eigenvalue weighted by Gasteiger charge is -2.07. The average Bonchev–Trinajstić information content (AvgIpc) is 2.64. The SMILES string of the molecule is CNC(=O)c1ccc(CNC(=O)CCc2ccc(OC)c(F)c2)cc1. The van der Waals surface area contributed by atoms with Gasteiger partial charge in [-0.05, 0) is 41.8 Å². The molecular formula is C19H21FN2O3. The van der Waals surface area contributed by atoms with Crippen LogP contribution in [0.5, 0.6) is 5.75 Å². The van der Waals surface area contributed by atoms with E-state index >= 15 is 0 Å². The first-order chi connectivity index (χ1) is 12.0. The summed E-state index contributed by atoms with van der Waals surface area (Å²) in [5, 5.41) is 5.36. The van der Waals surface area contributed by atoms with Gasteiger partial charge in [0.1, 0.15) is 0 Å². The van der Waals surface area contributed by atoms with Crippen LogP contribution in [0.25, 0.3) is 0 Å². The van der Waals surface area contributed by atoms with Crippen LogP contribution in [-0.4, -0.2) is 26.0 Å². The van der Waals surface area contributed by atoms with Crippen LogP contribution in [-0.2, 0) is 17.8 Å². The van der Waals surface area contributed by atoms with Gasteiger partial charge in [-0.15, -0.1) is 0 Å². The molecule has 132 valence electrons. The van der Waals surface area contributed by atoms with E-state index in [1.165, 1.54) is 13.2 Å². The molecule has 0 saturated carbocycles. The summed E-state index contributed by atoms with van der Waals surface area (Å²) in [6, 6.07) is 11.7. The quantitative estimate of drug-likeness (QED) is 0.811. The number of hydrogen-bond donors (Lipinski definition) is 2. The van der Waals surface area contributed by atoms with E-state index < -0.39 is 5.82 Å². The molecule has 0 spiro atoms. The Morgan fingerprint density at radius 3 is 2.36 bits per heavy atom. The fourth-order valence-electron chi connectivity index (χ4n) is 2.33. The lowest BCUT2D eigenvalue weighted by molar-refractivity contribution is -0.121. The van der Waals surface area contributed by atoms with Crippen molar-refractivity contribution in [3.63, 3.8) is 0 Å². The van der Waals surface area contributed by atoms with Crippen molar-refractivity contribution in [3.8, 4) is 5.75 Å². The van der Waals surface area contributed by atoms with Gasteiger partial charge in [-0.1, -0.05) is 18.2 Å². The lowest BCUT2D eigenvalue weighted by atomic mass is 10.1. The average molecular weight is 344 g/mol. The van der Waals surface area contributed by atoms with Gasteiger partial charge in [0.2, 0.25) is 5.91 Å². The van der Waals surface area contributed by atoms with Crippen LogP contribution in [0.2, 0.25) is 0 Å². The zero-order chi connectivity index (χ0) is 18.2. The normalized spacial score (nSPS) is 10.2. The summed E-state index contributed by atoms with van der Waals surface area (Å²) in [5.74, 6) is -0.515. The van der Waals surface area contributed by atoms with Crippen molar-refractivity contribution in [1.29, 1.82) is 0 Å². The predicted octanol–water partition coefficient (Wildman–Crippen LogP) is 2.44. The molecule has 5 nitrogen and oxygen atoms in total. The maximum atomic E-state index is 13.6. The number of methoxy groups -OCH3 is 1. The monoisotopic (exact) mass is 344 g/mol. The van der Waals surface area contributed by atoms with Gasteiger partial charge < -0.3 is 15.4 Å². The molecule has 0 atom stereocenters. The number of amides is 2. The summed E-state index contributed by atoms with van der Waals surface area (Å²) in [6.07, 6.45) is 0.713. The Morgan fingerprint density at radius 2 is 1.76 bits per heavy atom. The molecule has 2 amide bonds. The molecule has 0 unspecified atom stereocenters. The van der Waals surface area contributed by atoms with Gasteiger partial charge in [-0.25, -0.2) is 4.39 Å². The smallest absolute Gasteiger partial charge is 0.251 e. The summed E-state index contributed by atoms with van der Waals surface area (Å²) in [4.78, 5) is 23.4. The third-order valence-electron chi connectivity index (χ3n) is 3.79. The molecule has 2 N–H and O–H groups in total. The molecule has 25 heavy (non-hydrogen) atoms. The molecule has 6 heteroatoms. The minimum atomic E-state index is -0.434. The molecule has 0 saturated heterocycles. The molecule has 0 fully saturated rings. The van der Waals surface area contributed by atoms with E-state index in [0.717, 1.165) is 11.1 Å². The predicted molar refractivity (Wildman–Crippen MR) is 93.0 cm³/mol. The van der Waals surface area contributed by atoms with Crippen molar-refractivity contribution in [3.05, 3.63) is 65.0 Å². The lowest BCUT2D eigenvalue weighted by Crippen LogP contribution is -2.23. The Balaban J connectivity index is 1.80. The Bertz CT molecular complexity index is 745. The number of ether oxygens (including phenoxy) is 1. The summed E-state index contributed by atoms with van der Waals surface area (Å²) >= 11 is 0. The zero-order valence-corrected chi connectivity index (χ0v) is 14.3. The van der Waals surface area contributed by atoms with Gasteiger partial charge in [-0.3, -0.25) is 9.59 Å². The van der Waals surface area contributed by atoms with Gasteiger partial charge in [0, 0.05) is 25.6 Å². The van der Waals surface area contributed by atoms with E-state index in [4.69, 9.17) is 4.74 Å². The first-order valence-corrected chi connectivity index (χ1v) is 7.93. The highest BCUT2D eigenvalue weighted by Gasteiger charge is 2.07. The van der Waals surface area contributed by atoms with Gasteiger partial charge in [0.25, 0.3) is 5.91 Å². The highest BCUT2D eigenvalue weighted by Crippen LogP contribution is 2.18. The maximum absolute atomic E-state index is 13.6. The molecule has 2 aromatic carbocycles. The van der Waals surface area contributed by atoms with Crippen molar-refractivity contribution in [2.45, 2.75) is 19.4 Å². The van der Waals surface area contributed by atoms with E-state index in [1.807, 2.05) is 0 Å². The van der Waals surface area contributed by atoms with E-state index in [1.54, 1.807) is 43.4 Å². The molecule has 0 aliphatic heterocycles. The second-order valence-corrected chi connectivity index (χ2v) is 5.52. The molecule has 0 aliphatic carbocycles. The number of aryl methyl sites for hydroxylation is 1. The van der Waals surface area contributed by atoms with Gasteiger partial charge in [-0.2, -0.15) is 0 Å². The van der Waals surface area contributed by atoms with E-state index in [9.17, 15) is 14.0 Å². The van der Waals surface area contributed by atoms with E-state index in [-0.39, 0.29) is 24.0 Å². The fraction of sp³-hybridized carbons (Fsp3) is 0.263. The van der Waals surface area contributed by atoms with Crippen molar-refractivity contribution >= 4 is 11.8 Å². The molecule has 0 aromatic heterocycles. The first kappa shape index (κ1) is 18.4. The van der Waals surface area contributed by atoms with Gasteiger partial charge >= 0.3 is 0 Å². The van der Waals surface area contributed by atoms with Crippen LogP contribution in [0.4, 0.5) is 4.39 Å². The van der Waals surface area contributed by atoms with Crippen LogP contribution >= 0.6 is 0 Å². The second-order valence-electron chi connectivity index (χ2n) is 5.52. The molecule has 0 radical (unpaired) electrons. The highest BCUT2D eigenvalue weighted by atomic mass is 19.1. The number of hydrogen-bond acceptors (Lipinski definition) is 3. The molecule has 0 bridgehead atoms. The first-order valence-electron chi connectivity index (χ1n) is 7.93. The van der Waals surface area contributed by atoms with Crippen molar-refractivity contribution in [2.24, 2.45) is 0 Å². The number of halogens is 1. The Hall–Kier alpha value is -2.89. The molecule has 2 aromatic rings. The minimum Gasteiger partial charge on any atom is -0.494 e. The molecular weight excluding hydrogens is 323 g/mol. The third kappa shape index (κ3) is 5.31. The van der Waals surface area contributed by atoms with Crippen molar-refractivity contribution < 1.29 is 18.7 Å². The number of carbonyl (C=O) groups excluding carboxylic acids is 2. The fourth-order valence-corrected chi connectivity index (χ4v) is 2.33. The number of carbonyl (C=O) groups is 2. The third-order valence-corrected chi connectivity index (χ3v) is 3.79. The second kappa shape index (κ2) is 8.82. The van der Waals surface area contributed by atoms with Crippen LogP contribution < -0.4 is 15.4 Å². The standard InChI is InChI=1S/C19H21FN2O3/c1-21-19(24)15-7-3-14(4-8-15)12-22-18(23)10-6-13-5-9-17(25-2)16(20)11-13/h3-5,7-9,11H,6,10,12H2,1-2H3,(H,21,24)(H,22,23). The van der Waals surface area contributed by atoms with Gasteiger partial charge in [0.15, 0.2) is 11.6 Å². The van der Waals surface area contributed by atoms with Crippen LogP contribution in [0.15, 0.2) is 42.5 Å². The van der Waals surface area contributed by atoms with Gasteiger partial charge in [0.05, 0.1) is 7.11 Å². The van der Waals surface area contributed by atoms with Crippen molar-refractivity contribution in [1.82, 2.24) is 10.6 Å².